The van der Waals surface area contributed by atoms with Crippen LogP contribution in [-0.2, 0) is 9.53 Å². The second-order valence-electron chi connectivity index (χ2n) is 11.2. The van der Waals surface area contributed by atoms with Crippen molar-refractivity contribution in [3.8, 4) is 17.2 Å². The van der Waals surface area contributed by atoms with Gasteiger partial charge >= 0.3 is 5.97 Å². The molecule has 3 aliphatic rings. The summed E-state index contributed by atoms with van der Waals surface area (Å²) in [5.74, 6) is -1.53. The Bertz CT molecular complexity index is 1340. The van der Waals surface area contributed by atoms with Crippen molar-refractivity contribution in [1.29, 1.82) is 0 Å². The summed E-state index contributed by atoms with van der Waals surface area (Å²) >= 11 is 0. The quantitative estimate of drug-likeness (QED) is 0.142. The van der Waals surface area contributed by atoms with E-state index in [2.05, 4.69) is 73.0 Å². The van der Waals surface area contributed by atoms with E-state index in [1.165, 1.54) is 0 Å². The molecule has 242 valence electrons. The molecular weight excluding hydrogens is 574 g/mol. The minimum atomic E-state index is -1.37. The van der Waals surface area contributed by atoms with Gasteiger partial charge in [0.05, 0.1) is 11.6 Å². The van der Waals surface area contributed by atoms with Crippen LogP contribution in [0.4, 0.5) is 0 Å². The SMILES string of the molecule is CC/C=C/C/C=C/C/C=C/C/C=C/C/C=C/C/C=C/CCC(=O)O[C@H]1CC2c3cc4c(c(O)c3C(=O)N[C@H]2[C@H](O)[C@@H]1O)OCO4. The van der Waals surface area contributed by atoms with Crippen molar-refractivity contribution in [2.24, 2.45) is 0 Å². The number of amides is 1. The van der Waals surface area contributed by atoms with Crippen LogP contribution in [0.3, 0.4) is 0 Å². The summed E-state index contributed by atoms with van der Waals surface area (Å²) in [6.45, 7) is 2.05. The zero-order valence-corrected chi connectivity index (χ0v) is 25.8. The molecule has 0 saturated heterocycles. The van der Waals surface area contributed by atoms with Gasteiger partial charge in [-0.15, -0.1) is 0 Å². The molecule has 9 nitrogen and oxygen atoms in total. The first kappa shape index (κ1) is 33.8. The number of phenolic OH excluding ortho intramolecular Hbond substituents is 1. The van der Waals surface area contributed by atoms with Gasteiger partial charge in [-0.05, 0) is 63.0 Å². The number of nitrogens with one attached hydrogen (secondary N) is 1. The van der Waals surface area contributed by atoms with Crippen molar-refractivity contribution in [3.05, 3.63) is 90.1 Å². The number of rotatable bonds is 15. The molecule has 45 heavy (non-hydrogen) atoms. The number of aliphatic hydroxyl groups excluding tert-OH is 2. The molecule has 1 saturated carbocycles. The molecule has 1 unspecified atom stereocenters. The van der Waals surface area contributed by atoms with Crippen LogP contribution in [0.1, 0.15) is 86.6 Å². The van der Waals surface area contributed by atoms with Gasteiger partial charge in [-0.25, -0.2) is 0 Å². The Morgan fingerprint density at radius 3 is 2.07 bits per heavy atom. The first-order valence-corrected chi connectivity index (χ1v) is 15.8. The highest BCUT2D eigenvalue weighted by Gasteiger charge is 2.50. The summed E-state index contributed by atoms with van der Waals surface area (Å²) in [5.41, 5.74) is 0.488. The fraction of sp³-hybridized carbons (Fsp3) is 0.444. The Hall–Kier alpha value is -4.08. The predicted molar refractivity (Wildman–Crippen MR) is 172 cm³/mol. The zero-order valence-electron chi connectivity index (χ0n) is 25.8. The molecule has 4 rings (SSSR count). The Labute approximate surface area is 265 Å². The fourth-order valence-corrected chi connectivity index (χ4v) is 5.70. The van der Waals surface area contributed by atoms with Crippen LogP contribution in [0.15, 0.2) is 79.0 Å². The van der Waals surface area contributed by atoms with Gasteiger partial charge in [0, 0.05) is 12.3 Å². The van der Waals surface area contributed by atoms with Gasteiger partial charge in [0.1, 0.15) is 18.3 Å². The van der Waals surface area contributed by atoms with Crippen molar-refractivity contribution in [2.45, 2.75) is 95.0 Å². The maximum absolute atomic E-state index is 12.8. The number of benzene rings is 1. The van der Waals surface area contributed by atoms with Gasteiger partial charge in [0.25, 0.3) is 5.91 Å². The molecule has 0 bridgehead atoms. The molecule has 2 heterocycles. The molecule has 5 atom stereocenters. The molecule has 9 heteroatoms. The Balaban J connectivity index is 1.15. The fourth-order valence-electron chi connectivity index (χ4n) is 5.70. The van der Waals surface area contributed by atoms with Crippen molar-refractivity contribution < 1.29 is 39.1 Å². The lowest BCUT2D eigenvalue weighted by Crippen LogP contribution is -2.61. The van der Waals surface area contributed by atoms with Crippen LogP contribution >= 0.6 is 0 Å². The molecule has 1 aliphatic carbocycles. The van der Waals surface area contributed by atoms with Crippen LogP contribution in [0, 0.1) is 0 Å². The number of ether oxygens (including phenoxy) is 3. The van der Waals surface area contributed by atoms with Crippen LogP contribution in [-0.4, -0.2) is 58.3 Å². The molecular formula is C36H45NO8. The summed E-state index contributed by atoms with van der Waals surface area (Å²) in [4.78, 5) is 25.3. The number of phenols is 1. The maximum Gasteiger partial charge on any atom is 0.306 e. The minimum absolute atomic E-state index is 0.0341. The molecule has 1 aromatic rings. The van der Waals surface area contributed by atoms with Crippen molar-refractivity contribution in [3.63, 3.8) is 0 Å². The normalized spacial score (nSPS) is 24.4. The molecule has 1 fully saturated rings. The van der Waals surface area contributed by atoms with Gasteiger partial charge in [-0.1, -0.05) is 79.8 Å². The second-order valence-corrected chi connectivity index (χ2v) is 11.2. The molecule has 0 aromatic heterocycles. The lowest BCUT2D eigenvalue weighted by Gasteiger charge is -2.45. The lowest BCUT2D eigenvalue weighted by atomic mass is 9.72. The third-order valence-corrected chi connectivity index (χ3v) is 8.01. The van der Waals surface area contributed by atoms with Gasteiger partial charge in [-0.2, -0.15) is 0 Å². The monoisotopic (exact) mass is 619 g/mol. The third kappa shape index (κ3) is 9.22. The second kappa shape index (κ2) is 17.4. The molecule has 1 aromatic carbocycles. The predicted octanol–water partition coefficient (Wildman–Crippen LogP) is 5.83. The Kier molecular flexibility index (Phi) is 13.1. The summed E-state index contributed by atoms with van der Waals surface area (Å²) in [5, 5.41) is 34.8. The highest BCUT2D eigenvalue weighted by Crippen LogP contribution is 2.50. The minimum Gasteiger partial charge on any atom is -0.504 e. The Morgan fingerprint density at radius 1 is 0.889 bits per heavy atom. The van der Waals surface area contributed by atoms with E-state index < -0.39 is 42.1 Å². The van der Waals surface area contributed by atoms with Crippen LogP contribution in [0.5, 0.6) is 17.2 Å². The van der Waals surface area contributed by atoms with E-state index in [4.69, 9.17) is 14.2 Å². The maximum atomic E-state index is 12.8. The average molecular weight is 620 g/mol. The summed E-state index contributed by atoms with van der Waals surface area (Å²) in [7, 11) is 0. The smallest absolute Gasteiger partial charge is 0.306 e. The number of hydrogen-bond donors (Lipinski definition) is 4. The first-order chi connectivity index (χ1) is 21.9. The highest BCUT2D eigenvalue weighted by molar-refractivity contribution is 6.01. The van der Waals surface area contributed by atoms with Gasteiger partial charge in [0.2, 0.25) is 12.5 Å². The van der Waals surface area contributed by atoms with E-state index in [1.807, 2.05) is 12.2 Å². The number of aromatic hydroxyl groups is 1. The third-order valence-electron chi connectivity index (χ3n) is 8.01. The molecule has 0 spiro atoms. The van der Waals surface area contributed by atoms with E-state index >= 15 is 0 Å². The number of aliphatic hydroxyl groups is 2. The van der Waals surface area contributed by atoms with Gasteiger partial charge < -0.3 is 34.8 Å². The summed E-state index contributed by atoms with van der Waals surface area (Å²) in [6.07, 6.45) is 28.1. The van der Waals surface area contributed by atoms with Crippen molar-refractivity contribution in [1.82, 2.24) is 5.32 Å². The van der Waals surface area contributed by atoms with Gasteiger partial charge in [-0.3, -0.25) is 9.59 Å². The number of hydrogen-bond acceptors (Lipinski definition) is 8. The first-order valence-electron chi connectivity index (χ1n) is 15.8. The summed E-state index contributed by atoms with van der Waals surface area (Å²) in [6, 6.07) is 0.799. The van der Waals surface area contributed by atoms with E-state index in [0.29, 0.717) is 17.7 Å². The van der Waals surface area contributed by atoms with Crippen molar-refractivity contribution in [2.75, 3.05) is 6.79 Å². The van der Waals surface area contributed by atoms with Crippen molar-refractivity contribution >= 4 is 11.9 Å². The van der Waals surface area contributed by atoms with E-state index in [0.717, 1.165) is 38.5 Å². The molecule has 2 aliphatic heterocycles. The van der Waals surface area contributed by atoms with Crippen LogP contribution in [0.25, 0.3) is 0 Å². The van der Waals surface area contributed by atoms with Gasteiger partial charge in [0.15, 0.2) is 11.5 Å². The zero-order chi connectivity index (χ0) is 32.0. The number of carbonyl (C=O) groups is 2. The number of fused-ring (bicyclic) bond motifs is 4. The largest absolute Gasteiger partial charge is 0.504 e. The standard InChI is InChI=1S/C36H45NO8/c1-2-3-4-5-6-7-8-9-10-11-12-13-14-15-16-17-18-19-20-21-29(38)45-27-23-26-25-22-28-35(44-24-43-28)33(40)30(25)36(42)37-31(26)34(41)32(27)39/h3-4,6-7,9-10,12-13,15-16,18-19,22,26-27,31-32,34,39-41H,2,5,8,11,14,17,20-21,23-24H2,1H3,(H,37,42)/b4-3+,7-6+,10-9+,13-12+,16-15+,19-18+/t26?,27-,31+,32+,34-/m0/s1. The van der Waals surface area contributed by atoms with Crippen LogP contribution in [0.2, 0.25) is 0 Å². The number of esters is 1. The molecule has 0 radical (unpaired) electrons. The number of allylic oxidation sites excluding steroid dienone is 12. The van der Waals surface area contributed by atoms with E-state index in [9.17, 15) is 24.9 Å². The Morgan fingerprint density at radius 2 is 1.47 bits per heavy atom. The topological polar surface area (TPSA) is 135 Å². The molecule has 1 amide bonds. The van der Waals surface area contributed by atoms with E-state index in [1.54, 1.807) is 6.07 Å². The summed E-state index contributed by atoms with van der Waals surface area (Å²) < 4.78 is 16.3. The highest BCUT2D eigenvalue weighted by atomic mass is 16.7. The molecule has 4 N–H and O–H groups in total. The van der Waals surface area contributed by atoms with Crippen LogP contribution < -0.4 is 14.8 Å². The van der Waals surface area contributed by atoms with E-state index in [-0.39, 0.29) is 36.7 Å². The number of carbonyl (C=O) groups excluding carboxylic acids is 2. The lowest BCUT2D eigenvalue weighted by molar-refractivity contribution is -0.168. The average Bonchev–Trinajstić information content (AvgIpc) is 3.51.